The van der Waals surface area contributed by atoms with Crippen LogP contribution in [0, 0.1) is 29.1 Å². The minimum atomic E-state index is -2.15. The van der Waals surface area contributed by atoms with Crippen molar-refractivity contribution < 1.29 is 26.7 Å². The number of halogens is 5. The third kappa shape index (κ3) is 3.80. The zero-order chi connectivity index (χ0) is 19.7. The van der Waals surface area contributed by atoms with Crippen molar-refractivity contribution in [3.8, 4) is 0 Å². The number of hydrogen-bond acceptors (Lipinski definition) is 3. The molecule has 0 amide bonds. The van der Waals surface area contributed by atoms with E-state index >= 15 is 0 Å². The van der Waals surface area contributed by atoms with Crippen molar-refractivity contribution in [2.75, 3.05) is 31.1 Å². The van der Waals surface area contributed by atoms with Gasteiger partial charge in [0.2, 0.25) is 5.82 Å². The van der Waals surface area contributed by atoms with E-state index < -0.39 is 34.6 Å². The maximum Gasteiger partial charge on any atom is 0.200 e. The highest BCUT2D eigenvalue weighted by atomic mass is 19.2. The van der Waals surface area contributed by atoms with Gasteiger partial charge in [-0.25, -0.2) is 22.0 Å². The Hall–Kier alpha value is -2.48. The van der Waals surface area contributed by atoms with Gasteiger partial charge in [0.05, 0.1) is 0 Å². The summed E-state index contributed by atoms with van der Waals surface area (Å²) in [4.78, 5) is 15.0. The minimum absolute atomic E-state index is 0.0332. The number of hydrogen-bond donors (Lipinski definition) is 0. The van der Waals surface area contributed by atoms with Gasteiger partial charge >= 0.3 is 0 Å². The van der Waals surface area contributed by atoms with Gasteiger partial charge in [0, 0.05) is 49.5 Å². The summed E-state index contributed by atoms with van der Waals surface area (Å²) in [5.41, 5.74) is 0.685. The summed E-state index contributed by atoms with van der Waals surface area (Å²) in [6.45, 7) is 2.96. The molecule has 0 radical (unpaired) electrons. The molecule has 2 aromatic carbocycles. The van der Waals surface area contributed by atoms with E-state index in [0.29, 0.717) is 31.7 Å². The van der Waals surface area contributed by atoms with Crippen LogP contribution in [-0.2, 0) is 6.54 Å². The number of piperazine rings is 1. The number of anilines is 1. The normalized spacial score (nSPS) is 15.3. The van der Waals surface area contributed by atoms with Crippen molar-refractivity contribution in [3.63, 3.8) is 0 Å². The molecular weight excluding hydrogens is 367 g/mol. The Balaban J connectivity index is 1.67. The van der Waals surface area contributed by atoms with E-state index in [9.17, 15) is 26.7 Å². The first kappa shape index (κ1) is 19.3. The van der Waals surface area contributed by atoms with E-state index in [0.717, 1.165) is 5.69 Å². The molecule has 27 heavy (non-hydrogen) atoms. The number of ketones is 1. The minimum Gasteiger partial charge on any atom is -0.369 e. The lowest BCUT2D eigenvalue weighted by Gasteiger charge is -2.36. The van der Waals surface area contributed by atoms with Gasteiger partial charge in [0.15, 0.2) is 29.1 Å². The first-order valence-electron chi connectivity index (χ1n) is 8.38. The van der Waals surface area contributed by atoms with Crippen LogP contribution >= 0.6 is 0 Å². The highest BCUT2D eigenvalue weighted by Crippen LogP contribution is 2.25. The summed E-state index contributed by atoms with van der Waals surface area (Å²) >= 11 is 0. The van der Waals surface area contributed by atoms with Crippen molar-refractivity contribution >= 4 is 11.5 Å². The molecule has 0 N–H and O–H groups in total. The lowest BCUT2D eigenvalue weighted by Crippen LogP contribution is -2.46. The van der Waals surface area contributed by atoms with Crippen LogP contribution in [0.5, 0.6) is 0 Å². The Morgan fingerprint density at radius 2 is 1.30 bits per heavy atom. The smallest absolute Gasteiger partial charge is 0.200 e. The van der Waals surface area contributed by atoms with Crippen LogP contribution in [0.1, 0.15) is 22.8 Å². The molecule has 3 nitrogen and oxygen atoms in total. The van der Waals surface area contributed by atoms with Gasteiger partial charge in [-0.1, -0.05) is 0 Å². The Kier molecular flexibility index (Phi) is 5.46. The Bertz CT molecular complexity index is 832. The van der Waals surface area contributed by atoms with Gasteiger partial charge in [0.1, 0.15) is 0 Å². The fourth-order valence-corrected chi connectivity index (χ4v) is 3.08. The summed E-state index contributed by atoms with van der Waals surface area (Å²) < 4.78 is 67.4. The topological polar surface area (TPSA) is 23.6 Å². The van der Waals surface area contributed by atoms with Crippen LogP contribution in [0.3, 0.4) is 0 Å². The van der Waals surface area contributed by atoms with Crippen LogP contribution in [0.15, 0.2) is 24.3 Å². The van der Waals surface area contributed by atoms with Crippen LogP contribution in [0.25, 0.3) is 0 Å². The summed E-state index contributed by atoms with van der Waals surface area (Å²) in [6.07, 6.45) is 0. The second-order valence-corrected chi connectivity index (χ2v) is 6.41. The van der Waals surface area contributed by atoms with Gasteiger partial charge in [0.25, 0.3) is 0 Å². The predicted molar refractivity (Wildman–Crippen MR) is 90.2 cm³/mol. The summed E-state index contributed by atoms with van der Waals surface area (Å²) in [7, 11) is 0. The van der Waals surface area contributed by atoms with E-state index in [2.05, 4.69) is 0 Å². The standard InChI is InChI=1S/C19H17F5N2O/c1-11(27)12-2-4-13(5-3-12)26-8-6-25(7-9-26)10-14-15(20)17(22)19(24)18(23)16(14)21/h2-5H,6-10H2,1H3. The van der Waals surface area contributed by atoms with E-state index in [4.69, 9.17) is 0 Å². The summed E-state index contributed by atoms with van der Waals surface area (Å²) in [5.74, 6) is -9.59. The predicted octanol–water partition coefficient (Wildman–Crippen LogP) is 3.91. The van der Waals surface area contributed by atoms with Crippen molar-refractivity contribution in [1.29, 1.82) is 0 Å². The van der Waals surface area contributed by atoms with Crippen LogP contribution < -0.4 is 4.90 Å². The number of benzene rings is 2. The van der Waals surface area contributed by atoms with Gasteiger partial charge in [-0.15, -0.1) is 0 Å². The average Bonchev–Trinajstić information content (AvgIpc) is 2.69. The first-order valence-corrected chi connectivity index (χ1v) is 8.38. The number of Topliss-reactive ketones (excluding diaryl/α,β-unsaturated/α-hetero) is 1. The molecule has 0 bridgehead atoms. The monoisotopic (exact) mass is 384 g/mol. The maximum atomic E-state index is 13.8. The van der Waals surface area contributed by atoms with Gasteiger partial charge in [-0.3, -0.25) is 9.69 Å². The number of carbonyl (C=O) groups is 1. The van der Waals surface area contributed by atoms with Crippen molar-refractivity contribution in [1.82, 2.24) is 4.90 Å². The molecule has 3 rings (SSSR count). The number of rotatable bonds is 4. The Labute approximate surface area is 153 Å². The number of nitrogens with zero attached hydrogens (tertiary/aromatic N) is 2. The SMILES string of the molecule is CC(=O)c1ccc(N2CCN(Cc3c(F)c(F)c(F)c(F)c3F)CC2)cc1. The molecule has 144 valence electrons. The van der Waals surface area contributed by atoms with Gasteiger partial charge in [-0.2, -0.15) is 0 Å². The van der Waals surface area contributed by atoms with Gasteiger partial charge in [-0.05, 0) is 31.2 Å². The molecule has 0 unspecified atom stereocenters. The third-order valence-corrected chi connectivity index (χ3v) is 4.69. The molecule has 0 spiro atoms. The van der Waals surface area contributed by atoms with E-state index in [-0.39, 0.29) is 12.3 Å². The molecule has 8 heteroatoms. The fraction of sp³-hybridized carbons (Fsp3) is 0.316. The highest BCUT2D eigenvalue weighted by Gasteiger charge is 2.27. The molecule has 1 heterocycles. The lowest BCUT2D eigenvalue weighted by molar-refractivity contribution is 0.101. The summed E-state index contributed by atoms with van der Waals surface area (Å²) in [5, 5.41) is 0. The van der Waals surface area contributed by atoms with E-state index in [1.807, 2.05) is 17.0 Å². The second-order valence-electron chi connectivity index (χ2n) is 6.41. The zero-order valence-electron chi connectivity index (χ0n) is 14.5. The molecule has 0 atom stereocenters. The fourth-order valence-electron chi connectivity index (χ4n) is 3.08. The highest BCUT2D eigenvalue weighted by molar-refractivity contribution is 5.94. The Morgan fingerprint density at radius 3 is 1.78 bits per heavy atom. The molecule has 1 aliphatic rings. The molecular formula is C19H17F5N2O. The third-order valence-electron chi connectivity index (χ3n) is 4.69. The molecule has 0 saturated carbocycles. The largest absolute Gasteiger partial charge is 0.369 e. The van der Waals surface area contributed by atoms with E-state index in [1.54, 1.807) is 17.0 Å². The first-order chi connectivity index (χ1) is 12.8. The van der Waals surface area contributed by atoms with Crippen LogP contribution in [0.2, 0.25) is 0 Å². The molecule has 1 saturated heterocycles. The maximum absolute atomic E-state index is 13.8. The zero-order valence-corrected chi connectivity index (χ0v) is 14.5. The van der Waals surface area contributed by atoms with Crippen molar-refractivity contribution in [3.05, 3.63) is 64.5 Å². The lowest BCUT2D eigenvalue weighted by atomic mass is 10.1. The van der Waals surface area contributed by atoms with E-state index in [1.165, 1.54) is 6.92 Å². The summed E-state index contributed by atoms with van der Waals surface area (Å²) in [6, 6.07) is 7.07. The molecule has 1 fully saturated rings. The van der Waals surface area contributed by atoms with Crippen molar-refractivity contribution in [2.24, 2.45) is 0 Å². The van der Waals surface area contributed by atoms with Crippen molar-refractivity contribution in [2.45, 2.75) is 13.5 Å². The number of carbonyl (C=O) groups excluding carboxylic acids is 1. The average molecular weight is 384 g/mol. The second kappa shape index (κ2) is 7.64. The molecule has 1 aliphatic heterocycles. The quantitative estimate of drug-likeness (QED) is 0.346. The van der Waals surface area contributed by atoms with Crippen LogP contribution in [0.4, 0.5) is 27.6 Å². The van der Waals surface area contributed by atoms with Gasteiger partial charge < -0.3 is 4.90 Å². The molecule has 2 aromatic rings. The molecule has 0 aromatic heterocycles. The molecule has 0 aliphatic carbocycles. The van der Waals surface area contributed by atoms with Crippen LogP contribution in [-0.4, -0.2) is 36.9 Å². The Morgan fingerprint density at radius 1 is 0.815 bits per heavy atom.